The van der Waals surface area contributed by atoms with Gasteiger partial charge in [-0.05, 0) is 58.2 Å². The maximum absolute atomic E-state index is 12.1. The summed E-state index contributed by atoms with van der Waals surface area (Å²) in [7, 11) is 4.09. The molecule has 0 radical (unpaired) electrons. The van der Waals surface area contributed by atoms with E-state index >= 15 is 0 Å². The first-order chi connectivity index (χ1) is 14.8. The number of hydrogen-bond acceptors (Lipinski definition) is 6. The number of rotatable bonds is 10. The maximum atomic E-state index is 12.1. The van der Waals surface area contributed by atoms with Crippen LogP contribution in [0.15, 0.2) is 29.3 Å². The van der Waals surface area contributed by atoms with E-state index in [1.165, 1.54) is 22.6 Å². The summed E-state index contributed by atoms with van der Waals surface area (Å²) in [5, 5.41) is 7.52. The summed E-state index contributed by atoms with van der Waals surface area (Å²) in [5.41, 5.74) is 3.23. The molecule has 1 atom stereocenters. The molecule has 1 unspecified atom stereocenters. The van der Waals surface area contributed by atoms with Gasteiger partial charge in [0, 0.05) is 32.9 Å². The van der Waals surface area contributed by atoms with Gasteiger partial charge in [0.25, 0.3) is 0 Å². The monoisotopic (exact) mass is 445 g/mol. The van der Waals surface area contributed by atoms with Crippen molar-refractivity contribution in [2.45, 2.75) is 46.6 Å². The fourth-order valence-corrected chi connectivity index (χ4v) is 3.97. The van der Waals surface area contributed by atoms with Crippen LogP contribution in [-0.2, 0) is 11.2 Å². The van der Waals surface area contributed by atoms with Crippen LogP contribution in [0.25, 0.3) is 0 Å². The van der Waals surface area contributed by atoms with Crippen molar-refractivity contribution in [2.24, 2.45) is 4.99 Å². The normalized spacial score (nSPS) is 12.4. The first kappa shape index (κ1) is 24.7. The van der Waals surface area contributed by atoms with E-state index in [0.717, 1.165) is 36.9 Å². The summed E-state index contributed by atoms with van der Waals surface area (Å²) in [6.45, 7) is 9.56. The third kappa shape index (κ3) is 7.54. The molecule has 2 N–H and O–H groups in total. The van der Waals surface area contributed by atoms with E-state index in [2.05, 4.69) is 44.8 Å². The van der Waals surface area contributed by atoms with Gasteiger partial charge in [-0.2, -0.15) is 0 Å². The Bertz CT molecular complexity index is 861. The number of guanidine groups is 1. The van der Waals surface area contributed by atoms with Crippen LogP contribution in [0.5, 0.6) is 0 Å². The number of aromatic nitrogens is 1. The average molecular weight is 446 g/mol. The van der Waals surface area contributed by atoms with Gasteiger partial charge in [0.05, 0.1) is 18.3 Å². The number of hydrogen-bond donors (Lipinski definition) is 2. The molecule has 31 heavy (non-hydrogen) atoms. The number of anilines is 1. The number of nitrogens with zero attached hydrogens (tertiary/aromatic N) is 3. The number of nitrogens with one attached hydrogen (secondary N) is 2. The minimum absolute atomic E-state index is 0.0664. The van der Waals surface area contributed by atoms with Crippen LogP contribution < -0.4 is 15.5 Å². The second kappa shape index (κ2) is 12.3. The minimum Gasteiger partial charge on any atom is -0.462 e. The number of aliphatic imine (C=N–C) groups is 1. The number of esters is 1. The van der Waals surface area contributed by atoms with Crippen molar-refractivity contribution in [3.05, 3.63) is 45.4 Å². The third-order valence-electron chi connectivity index (χ3n) is 4.69. The van der Waals surface area contributed by atoms with Crippen molar-refractivity contribution in [2.75, 3.05) is 38.7 Å². The molecule has 0 spiro atoms. The van der Waals surface area contributed by atoms with Gasteiger partial charge in [-0.1, -0.05) is 12.1 Å². The molecule has 7 nitrogen and oxygen atoms in total. The first-order valence-electron chi connectivity index (χ1n) is 10.8. The highest BCUT2D eigenvalue weighted by Gasteiger charge is 2.20. The van der Waals surface area contributed by atoms with Gasteiger partial charge in [0.1, 0.15) is 9.88 Å². The average Bonchev–Trinajstić information content (AvgIpc) is 3.13. The Morgan fingerprint density at radius 2 is 1.97 bits per heavy atom. The van der Waals surface area contributed by atoms with Crippen molar-refractivity contribution in [3.8, 4) is 0 Å². The van der Waals surface area contributed by atoms with E-state index in [1.807, 2.05) is 34.9 Å². The largest absolute Gasteiger partial charge is 0.462 e. The van der Waals surface area contributed by atoms with Gasteiger partial charge in [-0.3, -0.25) is 4.99 Å². The van der Waals surface area contributed by atoms with Crippen molar-refractivity contribution < 1.29 is 9.53 Å². The van der Waals surface area contributed by atoms with Gasteiger partial charge in [-0.15, -0.1) is 11.3 Å². The highest BCUT2D eigenvalue weighted by atomic mass is 32.1. The Morgan fingerprint density at radius 1 is 1.26 bits per heavy atom. The Balaban J connectivity index is 1.93. The lowest BCUT2D eigenvalue weighted by atomic mass is 10.1. The van der Waals surface area contributed by atoms with Gasteiger partial charge in [-0.25, -0.2) is 9.78 Å². The molecule has 0 bridgehead atoms. The number of benzene rings is 1. The quantitative estimate of drug-likeness (QED) is 0.250. The predicted molar refractivity (Wildman–Crippen MR) is 129 cm³/mol. The fraction of sp³-hybridized carbons (Fsp3) is 0.522. The van der Waals surface area contributed by atoms with E-state index < -0.39 is 0 Å². The molecule has 1 aromatic heterocycles. The Kier molecular flexibility index (Phi) is 9.78. The van der Waals surface area contributed by atoms with Crippen LogP contribution in [0.3, 0.4) is 0 Å². The zero-order chi connectivity index (χ0) is 22.8. The first-order valence-corrected chi connectivity index (χ1v) is 11.6. The minimum atomic E-state index is -0.310. The molecule has 0 aliphatic rings. The molecule has 0 amide bonds. The number of carbonyl (C=O) groups is 1. The summed E-state index contributed by atoms with van der Waals surface area (Å²) in [4.78, 5) is 24.0. The molecule has 1 aromatic carbocycles. The topological polar surface area (TPSA) is 78.9 Å². The van der Waals surface area contributed by atoms with Gasteiger partial charge in [0.15, 0.2) is 5.96 Å². The van der Waals surface area contributed by atoms with Crippen LogP contribution in [0.4, 0.5) is 5.69 Å². The van der Waals surface area contributed by atoms with Crippen LogP contribution in [0.2, 0.25) is 0 Å². The van der Waals surface area contributed by atoms with Crippen LogP contribution >= 0.6 is 11.3 Å². The van der Waals surface area contributed by atoms with Crippen molar-refractivity contribution >= 4 is 29.0 Å². The fourth-order valence-electron chi connectivity index (χ4n) is 3.01. The highest BCUT2D eigenvalue weighted by Crippen LogP contribution is 2.24. The van der Waals surface area contributed by atoms with E-state index in [4.69, 9.17) is 9.73 Å². The number of ether oxygens (including phenoxy) is 1. The molecule has 0 saturated carbocycles. The van der Waals surface area contributed by atoms with Crippen molar-refractivity contribution in [1.82, 2.24) is 15.6 Å². The summed E-state index contributed by atoms with van der Waals surface area (Å²) in [6.07, 6.45) is 1.95. The predicted octanol–water partition coefficient (Wildman–Crippen LogP) is 3.94. The molecule has 2 rings (SSSR count). The van der Waals surface area contributed by atoms with Crippen LogP contribution in [-0.4, -0.2) is 50.7 Å². The second-order valence-corrected chi connectivity index (χ2v) is 8.51. The Hall–Kier alpha value is -2.61. The van der Waals surface area contributed by atoms with Gasteiger partial charge >= 0.3 is 5.97 Å². The van der Waals surface area contributed by atoms with Gasteiger partial charge < -0.3 is 20.3 Å². The molecule has 0 aliphatic carbocycles. The number of aryl methyl sites for hydroxylation is 2. The summed E-state index contributed by atoms with van der Waals surface area (Å²) in [5.74, 6) is 0.443. The zero-order valence-electron chi connectivity index (χ0n) is 19.5. The van der Waals surface area contributed by atoms with E-state index in [-0.39, 0.29) is 12.0 Å². The lowest BCUT2D eigenvalue weighted by Gasteiger charge is -2.16. The highest BCUT2D eigenvalue weighted by molar-refractivity contribution is 7.13. The smallest absolute Gasteiger partial charge is 0.350 e. The standard InChI is InChI=1S/C23H35N5O2S/c1-7-24-23(25-15-9-10-18-11-13-19(14-12-18)28(5)6)27-17(4)21-26-16(3)20(31-21)22(29)30-8-2/h11-14,17H,7-10,15H2,1-6H3,(H2,24,25,27). The number of thiazole rings is 1. The Labute approximate surface area is 189 Å². The summed E-state index contributed by atoms with van der Waals surface area (Å²) < 4.78 is 5.11. The molecule has 0 aliphatic heterocycles. The SMILES string of the molecule is CCNC(=NCCCc1ccc(N(C)C)cc1)NC(C)c1nc(C)c(C(=O)OCC)s1. The number of carbonyl (C=O) groups excluding carboxylic acids is 1. The van der Waals surface area contributed by atoms with E-state index in [1.54, 1.807) is 6.92 Å². The molecular weight excluding hydrogens is 410 g/mol. The van der Waals surface area contributed by atoms with Crippen molar-refractivity contribution in [1.29, 1.82) is 0 Å². The van der Waals surface area contributed by atoms with E-state index in [0.29, 0.717) is 17.2 Å². The molecule has 170 valence electrons. The third-order valence-corrected chi connectivity index (χ3v) is 6.01. The van der Waals surface area contributed by atoms with Crippen LogP contribution in [0.1, 0.15) is 59.2 Å². The molecule has 8 heteroatoms. The summed E-state index contributed by atoms with van der Waals surface area (Å²) >= 11 is 1.37. The lowest BCUT2D eigenvalue weighted by Crippen LogP contribution is -2.38. The van der Waals surface area contributed by atoms with Crippen LogP contribution in [0, 0.1) is 6.92 Å². The molecule has 0 saturated heterocycles. The molecular formula is C23H35N5O2S. The molecule has 0 fully saturated rings. The lowest BCUT2D eigenvalue weighted by molar-refractivity contribution is 0.0531. The van der Waals surface area contributed by atoms with Gasteiger partial charge in [0.2, 0.25) is 0 Å². The molecule has 1 heterocycles. The molecule has 2 aromatic rings. The summed E-state index contributed by atoms with van der Waals surface area (Å²) in [6, 6.07) is 8.58. The second-order valence-electron chi connectivity index (χ2n) is 7.48. The maximum Gasteiger partial charge on any atom is 0.350 e. The Morgan fingerprint density at radius 3 is 2.58 bits per heavy atom. The zero-order valence-corrected chi connectivity index (χ0v) is 20.3. The van der Waals surface area contributed by atoms with Crippen molar-refractivity contribution in [3.63, 3.8) is 0 Å². The van der Waals surface area contributed by atoms with E-state index in [9.17, 15) is 4.79 Å².